The Morgan fingerprint density at radius 1 is 2.00 bits per heavy atom. The van der Waals surface area contributed by atoms with Gasteiger partial charge in [0.05, 0.1) is 0 Å². The summed E-state index contributed by atoms with van der Waals surface area (Å²) in [5.41, 5.74) is 0. The second-order valence-electron chi connectivity index (χ2n) is 0.915. The van der Waals surface area contributed by atoms with Gasteiger partial charge in [-0.1, -0.05) is 6.92 Å². The lowest BCUT2D eigenvalue weighted by Crippen LogP contribution is -1.88. The molecule has 0 amide bonds. The van der Waals surface area contributed by atoms with Crippen LogP contribution in [0.15, 0.2) is 0 Å². The Bertz CT molecular complexity index is 81.8. The summed E-state index contributed by atoms with van der Waals surface area (Å²) >= 11 is 1.25. The summed E-state index contributed by atoms with van der Waals surface area (Å²) in [7, 11) is 0. The Hall–Kier alpha value is -0.310. The molecule has 0 aromatic rings. The molecule has 0 bridgehead atoms. The highest BCUT2D eigenvalue weighted by Gasteiger charge is 1.87. The van der Waals surface area contributed by atoms with E-state index in [1.54, 1.807) is 0 Å². The summed E-state index contributed by atoms with van der Waals surface area (Å²) in [5, 5.41) is 6.85. The molecule has 0 aliphatic heterocycles. The Balaban J connectivity index is 3.17. The Morgan fingerprint density at radius 3 is 2.71 bits per heavy atom. The van der Waals surface area contributed by atoms with E-state index in [4.69, 9.17) is 5.41 Å². The van der Waals surface area contributed by atoms with Crippen molar-refractivity contribution >= 4 is 23.1 Å². The number of hydrogen-bond acceptors (Lipinski definition) is 3. The number of nitrogens with one attached hydrogen (secondary N) is 1. The van der Waals surface area contributed by atoms with Gasteiger partial charge in [-0.2, -0.15) is 0 Å². The van der Waals surface area contributed by atoms with Gasteiger partial charge in [0.1, 0.15) is 5.04 Å². The minimum Gasteiger partial charge on any atom is -0.296 e. The van der Waals surface area contributed by atoms with E-state index < -0.39 is 0 Å². The van der Waals surface area contributed by atoms with Crippen LogP contribution in [0.4, 0.5) is 0 Å². The first kappa shape index (κ1) is 6.69. The Labute approximate surface area is 46.8 Å². The van der Waals surface area contributed by atoms with Crippen molar-refractivity contribution in [1.82, 2.24) is 0 Å². The Kier molecular flexibility index (Phi) is 3.69. The van der Waals surface area contributed by atoms with Gasteiger partial charge in [0.2, 0.25) is 0 Å². The maximum absolute atomic E-state index is 9.65. The summed E-state index contributed by atoms with van der Waals surface area (Å²) in [6.45, 7) is 1.91. The summed E-state index contributed by atoms with van der Waals surface area (Å²) in [6, 6.07) is 0. The number of carbonyl (C=O) groups excluding carboxylic acids is 1. The fourth-order valence-electron chi connectivity index (χ4n) is 0.190. The summed E-state index contributed by atoms with van der Waals surface area (Å²) in [6.07, 6.45) is 0.550. The highest BCUT2D eigenvalue weighted by Crippen LogP contribution is 1.96. The van der Waals surface area contributed by atoms with Crippen LogP contribution in [0, 0.1) is 5.41 Å². The van der Waals surface area contributed by atoms with Crippen LogP contribution < -0.4 is 0 Å². The van der Waals surface area contributed by atoms with Crippen molar-refractivity contribution in [2.24, 2.45) is 0 Å². The van der Waals surface area contributed by atoms with Crippen molar-refractivity contribution in [3.05, 3.63) is 0 Å². The maximum Gasteiger partial charge on any atom is 0.174 e. The molecule has 0 atom stereocenters. The van der Waals surface area contributed by atoms with Crippen molar-refractivity contribution in [1.29, 1.82) is 5.41 Å². The lowest BCUT2D eigenvalue weighted by Gasteiger charge is -1.84. The van der Waals surface area contributed by atoms with E-state index >= 15 is 0 Å². The molecule has 0 unspecified atom stereocenters. The van der Waals surface area contributed by atoms with E-state index in [0.717, 1.165) is 5.75 Å². The molecule has 0 saturated carbocycles. The molecule has 0 fully saturated rings. The molecule has 0 saturated heterocycles. The molecule has 3 heteroatoms. The second kappa shape index (κ2) is 3.87. The van der Waals surface area contributed by atoms with Crippen molar-refractivity contribution in [2.45, 2.75) is 6.92 Å². The monoisotopic (exact) mass is 117 g/mol. The predicted molar refractivity (Wildman–Crippen MR) is 31.9 cm³/mol. The number of carbonyl (C=O) groups is 1. The van der Waals surface area contributed by atoms with Gasteiger partial charge in [-0.15, -0.1) is 11.8 Å². The van der Waals surface area contributed by atoms with Crippen LogP contribution in [0.2, 0.25) is 0 Å². The van der Waals surface area contributed by atoms with Gasteiger partial charge in [-0.25, -0.2) is 0 Å². The number of aldehydes is 1. The molecule has 0 rings (SSSR count). The first-order chi connectivity index (χ1) is 3.31. The van der Waals surface area contributed by atoms with Crippen LogP contribution in [-0.2, 0) is 4.79 Å². The molecule has 2 nitrogen and oxygen atoms in total. The minimum absolute atomic E-state index is 0.113. The number of rotatable bonds is 2. The van der Waals surface area contributed by atoms with E-state index in [9.17, 15) is 4.79 Å². The van der Waals surface area contributed by atoms with Gasteiger partial charge in [-0.05, 0) is 5.75 Å². The smallest absolute Gasteiger partial charge is 0.174 e. The molecular formula is C4H7NOS. The van der Waals surface area contributed by atoms with Gasteiger partial charge in [-0.3, -0.25) is 10.2 Å². The van der Waals surface area contributed by atoms with Crippen LogP contribution in [-0.4, -0.2) is 17.1 Å². The summed E-state index contributed by atoms with van der Waals surface area (Å²) < 4.78 is 0. The minimum atomic E-state index is 0.113. The average molecular weight is 117 g/mol. The molecule has 40 valence electrons. The van der Waals surface area contributed by atoms with Gasteiger partial charge in [0.15, 0.2) is 6.29 Å². The van der Waals surface area contributed by atoms with Crippen LogP contribution in [0.5, 0.6) is 0 Å². The van der Waals surface area contributed by atoms with Crippen LogP contribution in [0.25, 0.3) is 0 Å². The van der Waals surface area contributed by atoms with Crippen molar-refractivity contribution in [3.63, 3.8) is 0 Å². The van der Waals surface area contributed by atoms with E-state index in [2.05, 4.69) is 0 Å². The molecule has 1 N–H and O–H groups in total. The lowest BCUT2D eigenvalue weighted by atomic mass is 10.9. The van der Waals surface area contributed by atoms with Crippen LogP contribution >= 0.6 is 11.8 Å². The first-order valence-electron chi connectivity index (χ1n) is 1.97. The van der Waals surface area contributed by atoms with Gasteiger partial charge < -0.3 is 0 Å². The number of thioether (sulfide) groups is 1. The quantitative estimate of drug-likeness (QED) is 0.332. The van der Waals surface area contributed by atoms with Gasteiger partial charge in [0.25, 0.3) is 0 Å². The molecule has 0 heterocycles. The maximum atomic E-state index is 9.65. The largest absolute Gasteiger partial charge is 0.296 e. The molecule has 0 spiro atoms. The molecule has 0 aromatic heterocycles. The summed E-state index contributed by atoms with van der Waals surface area (Å²) in [5.74, 6) is 0.803. The second-order valence-corrected chi connectivity index (χ2v) is 2.22. The standard InChI is InChI=1S/C4H7NOS/c1-2-7-4(5)3-6/h3,5H,2H2,1H3. The highest BCUT2D eigenvalue weighted by atomic mass is 32.2. The lowest BCUT2D eigenvalue weighted by molar-refractivity contribution is -0.102. The third kappa shape index (κ3) is 3.52. The fourth-order valence-corrected chi connectivity index (χ4v) is 0.569. The summed E-state index contributed by atoms with van der Waals surface area (Å²) in [4.78, 5) is 9.65. The molecule has 0 aliphatic rings. The van der Waals surface area contributed by atoms with Crippen molar-refractivity contribution in [3.8, 4) is 0 Å². The zero-order valence-corrected chi connectivity index (χ0v) is 4.92. The fraction of sp³-hybridized carbons (Fsp3) is 0.500. The third-order valence-electron chi connectivity index (χ3n) is 0.407. The SMILES string of the molecule is CCSC(=N)C=O. The van der Waals surface area contributed by atoms with E-state index in [1.807, 2.05) is 6.92 Å². The third-order valence-corrected chi connectivity index (χ3v) is 1.10. The van der Waals surface area contributed by atoms with Crippen molar-refractivity contribution < 1.29 is 4.79 Å². The van der Waals surface area contributed by atoms with E-state index in [-0.39, 0.29) is 5.04 Å². The highest BCUT2D eigenvalue weighted by molar-refractivity contribution is 8.15. The molecule has 0 aliphatic carbocycles. The van der Waals surface area contributed by atoms with Crippen LogP contribution in [0.1, 0.15) is 6.92 Å². The van der Waals surface area contributed by atoms with E-state index in [0.29, 0.717) is 6.29 Å². The van der Waals surface area contributed by atoms with E-state index in [1.165, 1.54) is 11.8 Å². The topological polar surface area (TPSA) is 40.9 Å². The Morgan fingerprint density at radius 2 is 2.57 bits per heavy atom. The first-order valence-corrected chi connectivity index (χ1v) is 2.96. The van der Waals surface area contributed by atoms with Crippen molar-refractivity contribution in [2.75, 3.05) is 5.75 Å². The van der Waals surface area contributed by atoms with Crippen LogP contribution in [0.3, 0.4) is 0 Å². The van der Waals surface area contributed by atoms with Gasteiger partial charge in [0, 0.05) is 0 Å². The molecule has 0 aromatic carbocycles. The number of hydrogen-bond donors (Lipinski definition) is 1. The predicted octanol–water partition coefficient (Wildman–Crippen LogP) is 0.916. The van der Waals surface area contributed by atoms with Gasteiger partial charge >= 0.3 is 0 Å². The zero-order valence-electron chi connectivity index (χ0n) is 4.10. The normalized spacial score (nSPS) is 8.14. The molecule has 7 heavy (non-hydrogen) atoms. The zero-order chi connectivity index (χ0) is 5.70. The average Bonchev–Trinajstić information content (AvgIpc) is 1.68. The molecule has 0 radical (unpaired) electrons. The molecular weight excluding hydrogens is 110 g/mol.